The van der Waals surface area contributed by atoms with Gasteiger partial charge in [0.25, 0.3) is 0 Å². The first kappa shape index (κ1) is 13.0. The van der Waals surface area contributed by atoms with Crippen molar-refractivity contribution < 1.29 is 9.53 Å². The van der Waals surface area contributed by atoms with E-state index in [0.717, 1.165) is 0 Å². The fourth-order valence-electron chi connectivity index (χ4n) is 1.80. The monoisotopic (exact) mass is 275 g/mol. The van der Waals surface area contributed by atoms with Crippen molar-refractivity contribution in [3.05, 3.63) is 46.7 Å². The van der Waals surface area contributed by atoms with Crippen molar-refractivity contribution in [2.24, 2.45) is 0 Å². The summed E-state index contributed by atoms with van der Waals surface area (Å²) in [5, 5.41) is 9.32. The van der Waals surface area contributed by atoms with Gasteiger partial charge in [0.1, 0.15) is 11.8 Å². The van der Waals surface area contributed by atoms with Crippen molar-refractivity contribution in [2.45, 2.75) is 0 Å². The summed E-state index contributed by atoms with van der Waals surface area (Å²) in [6.07, 6.45) is 1.64. The number of nitrogen functional groups attached to an aromatic ring is 1. The van der Waals surface area contributed by atoms with E-state index in [0.29, 0.717) is 17.1 Å². The number of aromatic nitrogens is 1. The lowest BCUT2D eigenvalue weighted by Crippen LogP contribution is -2.10. The van der Waals surface area contributed by atoms with Crippen LogP contribution in [0, 0.1) is 11.3 Å². The Balaban J connectivity index is 2.76. The number of esters is 1. The molecule has 0 aliphatic rings. The van der Waals surface area contributed by atoms with E-state index >= 15 is 0 Å². The van der Waals surface area contributed by atoms with Crippen LogP contribution in [0.2, 0.25) is 5.02 Å². The summed E-state index contributed by atoms with van der Waals surface area (Å²) < 4.78 is 6.23. The molecule has 0 amide bonds. The molecular weight excluding hydrogens is 266 g/mol. The average molecular weight is 276 g/mol. The summed E-state index contributed by atoms with van der Waals surface area (Å²) >= 11 is 6.14. The Morgan fingerprint density at radius 1 is 1.53 bits per heavy atom. The number of hydrogen-bond acceptors (Lipinski definition) is 4. The highest BCUT2D eigenvalue weighted by Crippen LogP contribution is 2.29. The number of carbonyl (C=O) groups excluding carboxylic acids is 1. The molecule has 0 atom stereocenters. The lowest BCUT2D eigenvalue weighted by atomic mass is 10.1. The quantitative estimate of drug-likeness (QED) is 0.674. The number of hydrogen-bond donors (Lipinski definition) is 1. The summed E-state index contributed by atoms with van der Waals surface area (Å²) in [5.74, 6) is -0.568. The van der Waals surface area contributed by atoms with Crippen LogP contribution in [0.5, 0.6) is 0 Å². The van der Waals surface area contributed by atoms with E-state index in [1.165, 1.54) is 23.8 Å². The van der Waals surface area contributed by atoms with Crippen LogP contribution in [-0.2, 0) is 4.74 Å². The van der Waals surface area contributed by atoms with E-state index in [4.69, 9.17) is 27.3 Å². The molecule has 1 aromatic carbocycles. The van der Waals surface area contributed by atoms with Crippen LogP contribution >= 0.6 is 11.6 Å². The molecule has 6 heteroatoms. The molecule has 0 saturated heterocycles. The highest BCUT2D eigenvalue weighted by Gasteiger charge is 2.19. The molecule has 2 N–H and O–H groups in total. The Hall–Kier alpha value is -2.45. The predicted octanol–water partition coefficient (Wildman–Crippen LogP) is 2.37. The maximum atomic E-state index is 11.8. The van der Waals surface area contributed by atoms with Gasteiger partial charge in [0.05, 0.1) is 23.4 Å². The highest BCUT2D eigenvalue weighted by molar-refractivity contribution is 6.33. The summed E-state index contributed by atoms with van der Waals surface area (Å²) in [6, 6.07) is 8.31. The zero-order chi connectivity index (χ0) is 14.0. The van der Waals surface area contributed by atoms with E-state index in [2.05, 4.69) is 0 Å². The second-order valence-corrected chi connectivity index (χ2v) is 4.17. The number of benzene rings is 1. The van der Waals surface area contributed by atoms with E-state index in [1.54, 1.807) is 18.3 Å². The van der Waals surface area contributed by atoms with Crippen molar-refractivity contribution in [1.29, 1.82) is 5.26 Å². The maximum absolute atomic E-state index is 11.8. The minimum atomic E-state index is -0.568. The number of nitrogens with two attached hydrogens (primary N) is 1. The van der Waals surface area contributed by atoms with E-state index in [1.807, 2.05) is 6.07 Å². The largest absolute Gasteiger partial charge is 0.465 e. The Morgan fingerprint density at radius 2 is 2.26 bits per heavy atom. The van der Waals surface area contributed by atoms with Crippen LogP contribution in [0.1, 0.15) is 16.1 Å². The molecule has 2 rings (SSSR count). The SMILES string of the molecule is COC(=O)c1cc(N)cc(Cl)c1-n1cccc1C#N. The Kier molecular flexibility index (Phi) is 3.45. The normalized spacial score (nSPS) is 9.95. The molecule has 19 heavy (non-hydrogen) atoms. The smallest absolute Gasteiger partial charge is 0.340 e. The van der Waals surface area contributed by atoms with Gasteiger partial charge in [-0.1, -0.05) is 11.6 Å². The number of carbonyl (C=O) groups is 1. The molecule has 0 radical (unpaired) electrons. The van der Waals surface area contributed by atoms with E-state index in [-0.39, 0.29) is 10.6 Å². The molecule has 0 fully saturated rings. The first-order chi connectivity index (χ1) is 9.08. The fourth-order valence-corrected chi connectivity index (χ4v) is 2.12. The van der Waals surface area contributed by atoms with Crippen LogP contribution in [0.25, 0.3) is 5.69 Å². The van der Waals surface area contributed by atoms with Crippen LogP contribution < -0.4 is 5.73 Å². The van der Waals surface area contributed by atoms with Gasteiger partial charge in [-0.2, -0.15) is 5.26 Å². The second kappa shape index (κ2) is 5.04. The minimum Gasteiger partial charge on any atom is -0.465 e. The molecular formula is C13H10ClN3O2. The molecule has 96 valence electrons. The van der Waals surface area contributed by atoms with Gasteiger partial charge < -0.3 is 15.0 Å². The van der Waals surface area contributed by atoms with Gasteiger partial charge in [-0.15, -0.1) is 0 Å². The van der Waals surface area contributed by atoms with Crippen molar-refractivity contribution in [2.75, 3.05) is 12.8 Å². The van der Waals surface area contributed by atoms with Gasteiger partial charge in [-0.25, -0.2) is 4.79 Å². The Bertz CT molecular complexity index is 686. The van der Waals surface area contributed by atoms with Crippen molar-refractivity contribution in [3.63, 3.8) is 0 Å². The molecule has 0 spiro atoms. The lowest BCUT2D eigenvalue weighted by Gasteiger charge is -2.13. The van der Waals surface area contributed by atoms with Gasteiger partial charge in [0.2, 0.25) is 0 Å². The summed E-state index contributed by atoms with van der Waals surface area (Å²) in [5.41, 5.74) is 6.97. The lowest BCUT2D eigenvalue weighted by molar-refractivity contribution is 0.0601. The topological polar surface area (TPSA) is 81.0 Å². The Morgan fingerprint density at radius 3 is 2.89 bits per heavy atom. The van der Waals surface area contributed by atoms with Gasteiger partial charge in [-0.3, -0.25) is 0 Å². The van der Waals surface area contributed by atoms with Gasteiger partial charge in [-0.05, 0) is 24.3 Å². The predicted molar refractivity (Wildman–Crippen MR) is 71.2 cm³/mol. The number of methoxy groups -OCH3 is 1. The van der Waals surface area contributed by atoms with Crippen LogP contribution in [0.4, 0.5) is 5.69 Å². The average Bonchev–Trinajstić information content (AvgIpc) is 2.84. The van der Waals surface area contributed by atoms with Gasteiger partial charge in [0, 0.05) is 11.9 Å². The molecule has 0 aliphatic heterocycles. The molecule has 0 saturated carbocycles. The van der Waals surface area contributed by atoms with Crippen molar-refractivity contribution in [3.8, 4) is 11.8 Å². The minimum absolute atomic E-state index is 0.209. The number of anilines is 1. The number of rotatable bonds is 2. The third-order valence-electron chi connectivity index (χ3n) is 2.60. The molecule has 1 aromatic heterocycles. The zero-order valence-electron chi connectivity index (χ0n) is 10.1. The van der Waals surface area contributed by atoms with E-state index in [9.17, 15) is 4.79 Å². The molecule has 0 bridgehead atoms. The number of halogens is 1. The van der Waals surface area contributed by atoms with Crippen LogP contribution in [0.15, 0.2) is 30.5 Å². The maximum Gasteiger partial charge on any atom is 0.340 e. The third-order valence-corrected chi connectivity index (χ3v) is 2.88. The van der Waals surface area contributed by atoms with Gasteiger partial charge in [0.15, 0.2) is 0 Å². The highest BCUT2D eigenvalue weighted by atomic mass is 35.5. The van der Waals surface area contributed by atoms with Crippen LogP contribution in [-0.4, -0.2) is 17.6 Å². The van der Waals surface area contributed by atoms with E-state index < -0.39 is 5.97 Å². The number of nitrogens with zero attached hydrogens (tertiary/aromatic N) is 2. The fraction of sp³-hybridized carbons (Fsp3) is 0.0769. The summed E-state index contributed by atoms with van der Waals surface area (Å²) in [4.78, 5) is 11.8. The van der Waals surface area contributed by atoms with Crippen LogP contribution in [0.3, 0.4) is 0 Å². The number of nitriles is 1. The first-order valence-corrected chi connectivity index (χ1v) is 5.71. The van der Waals surface area contributed by atoms with Gasteiger partial charge >= 0.3 is 5.97 Å². The molecule has 2 aromatic rings. The zero-order valence-corrected chi connectivity index (χ0v) is 10.8. The Labute approximate surface area is 114 Å². The van der Waals surface area contributed by atoms with Crippen molar-refractivity contribution >= 4 is 23.3 Å². The first-order valence-electron chi connectivity index (χ1n) is 5.33. The summed E-state index contributed by atoms with van der Waals surface area (Å²) in [6.45, 7) is 0. The molecule has 5 nitrogen and oxygen atoms in total. The standard InChI is InChI=1S/C13H10ClN3O2/c1-19-13(18)10-5-8(16)6-11(14)12(10)17-4-2-3-9(17)7-15/h2-6H,16H2,1H3. The van der Waals surface area contributed by atoms with Crippen molar-refractivity contribution in [1.82, 2.24) is 4.57 Å². The molecule has 1 heterocycles. The second-order valence-electron chi connectivity index (χ2n) is 3.77. The molecule has 0 aliphatic carbocycles. The third kappa shape index (κ3) is 2.26. The number of ether oxygens (including phenoxy) is 1. The summed E-state index contributed by atoms with van der Waals surface area (Å²) in [7, 11) is 1.27. The molecule has 0 unspecified atom stereocenters.